The fraction of sp³-hybridized carbons (Fsp3) is 0.500. The van der Waals surface area contributed by atoms with Crippen molar-refractivity contribution < 1.29 is 56.7 Å². The molecule has 0 atom stereocenters. The smallest absolute Gasteiger partial charge is 0.550 e. The van der Waals surface area contributed by atoms with Gasteiger partial charge in [0.2, 0.25) is 0 Å². The van der Waals surface area contributed by atoms with E-state index in [4.69, 9.17) is 39.6 Å². The van der Waals surface area contributed by atoms with Crippen molar-refractivity contribution in [3.63, 3.8) is 0 Å². The van der Waals surface area contributed by atoms with Crippen LogP contribution >= 0.6 is 0 Å². The van der Waals surface area contributed by atoms with E-state index in [0.717, 1.165) is 27.7 Å². The molecule has 0 fully saturated rings. The first-order valence-electron chi connectivity index (χ1n) is 3.63. The number of hydrogen-bond acceptors (Lipinski definition) is 8. The Morgan fingerprint density at radius 2 is 0.556 bits per heavy atom. The Bertz CT molecular complexity index is 167. The summed E-state index contributed by atoms with van der Waals surface area (Å²) in [4.78, 5) is 35.6. The predicted octanol–water partition coefficient (Wildman–Crippen LogP) is -5.36. The van der Waals surface area contributed by atoms with Crippen LogP contribution in [0.2, 0.25) is 0 Å². The maximum atomic E-state index is 8.89. The first kappa shape index (κ1) is 36.1. The van der Waals surface area contributed by atoms with Crippen molar-refractivity contribution in [2.24, 2.45) is 0 Å². The Labute approximate surface area is 145 Å². The van der Waals surface area contributed by atoms with Crippen molar-refractivity contribution in [2.45, 2.75) is 27.7 Å². The van der Waals surface area contributed by atoms with Crippen LogP contribution in [0.5, 0.6) is 0 Å². The Morgan fingerprint density at radius 3 is 0.556 bits per heavy atom. The van der Waals surface area contributed by atoms with Crippen molar-refractivity contribution in [1.29, 1.82) is 0 Å². The van der Waals surface area contributed by atoms with E-state index in [9.17, 15) is 0 Å². The Morgan fingerprint density at radius 1 is 0.556 bits per heavy atom. The minimum absolute atomic E-state index is 0. The zero-order chi connectivity index (χ0) is 14.3. The number of carbonyl (C=O) groups excluding carboxylic acids is 4. The van der Waals surface area contributed by atoms with Gasteiger partial charge in [0.1, 0.15) is 0 Å². The molecule has 105 valence electrons. The minimum atomic E-state index is -1.08. The van der Waals surface area contributed by atoms with Crippen molar-refractivity contribution in [3.8, 4) is 0 Å². The number of hydrogen-bond donors (Lipinski definition) is 0. The summed E-state index contributed by atoms with van der Waals surface area (Å²) >= 11 is 0. The summed E-state index contributed by atoms with van der Waals surface area (Å²) in [6.07, 6.45) is 0. The average molecular weight is 340 g/mol. The third kappa shape index (κ3) is 29000. The van der Waals surface area contributed by atoms with E-state index in [1.165, 1.54) is 0 Å². The molecule has 0 aromatic rings. The molecule has 0 bridgehead atoms. The number of rotatable bonds is 0. The molecule has 0 aliphatic rings. The molecule has 8 nitrogen and oxygen atoms in total. The molecule has 0 unspecified atom stereocenters. The quantitative estimate of drug-likeness (QED) is 0.395. The first-order chi connectivity index (χ1) is 6.93. The fourth-order valence-corrected chi connectivity index (χ4v) is 0. The van der Waals surface area contributed by atoms with Gasteiger partial charge in [0.15, 0.2) is 0 Å². The van der Waals surface area contributed by atoms with E-state index in [-0.39, 0.29) is 54.8 Å². The van der Waals surface area contributed by atoms with Gasteiger partial charge in [-0.05, 0) is 27.7 Å². The fourth-order valence-electron chi connectivity index (χ4n) is 0. The van der Waals surface area contributed by atoms with E-state index in [1.807, 2.05) is 0 Å². The van der Waals surface area contributed by atoms with Gasteiger partial charge in [0.25, 0.3) is 0 Å². The second kappa shape index (κ2) is 30.1. The Balaban J connectivity index is -0.0000000257. The predicted molar refractivity (Wildman–Crippen MR) is 48.5 cm³/mol. The van der Waals surface area contributed by atoms with Gasteiger partial charge in [0.05, 0.1) is 0 Å². The SMILES string of the molecule is CC(=O)[O-].CC(=O)[O-].CC(=O)[O-].CC(=O)[O-].[Ca+2].[Cu+2]. The molecule has 0 rings (SSSR count). The molecule has 0 spiro atoms. The molecule has 0 heterocycles. The topological polar surface area (TPSA) is 161 Å². The molecule has 0 saturated heterocycles. The third-order valence-corrected chi connectivity index (χ3v) is 0. The molecular weight excluding hydrogens is 328 g/mol. The largest absolute Gasteiger partial charge is 2.00 e. The van der Waals surface area contributed by atoms with Gasteiger partial charge in [-0.2, -0.15) is 0 Å². The maximum absolute atomic E-state index is 8.89. The van der Waals surface area contributed by atoms with Gasteiger partial charge < -0.3 is 39.6 Å². The van der Waals surface area contributed by atoms with E-state index in [1.54, 1.807) is 0 Å². The van der Waals surface area contributed by atoms with Gasteiger partial charge in [0, 0.05) is 23.9 Å². The zero-order valence-electron chi connectivity index (χ0n) is 10.3. The van der Waals surface area contributed by atoms with E-state index in [2.05, 4.69) is 0 Å². The molecule has 1 radical (unpaired) electrons. The van der Waals surface area contributed by atoms with Crippen LogP contribution in [0.4, 0.5) is 0 Å². The number of carboxylic acid groups (broad SMARTS) is 4. The summed E-state index contributed by atoms with van der Waals surface area (Å²) in [6, 6.07) is 0. The van der Waals surface area contributed by atoms with Gasteiger partial charge in [-0.15, -0.1) is 0 Å². The molecular formula is C8H12CaCuO8. The number of aliphatic carboxylic acids is 4. The molecule has 0 aliphatic heterocycles. The van der Waals surface area contributed by atoms with E-state index in [0.29, 0.717) is 0 Å². The summed E-state index contributed by atoms with van der Waals surface area (Å²) in [5.74, 6) is -4.33. The van der Waals surface area contributed by atoms with E-state index < -0.39 is 23.9 Å². The third-order valence-electron chi connectivity index (χ3n) is 0. The van der Waals surface area contributed by atoms with Gasteiger partial charge in [-0.3, -0.25) is 0 Å². The van der Waals surface area contributed by atoms with Crippen molar-refractivity contribution in [2.75, 3.05) is 0 Å². The Kier molecular flexibility index (Phi) is 60.2. The molecule has 10 heteroatoms. The van der Waals surface area contributed by atoms with Crippen LogP contribution < -0.4 is 20.4 Å². The van der Waals surface area contributed by atoms with E-state index >= 15 is 0 Å². The van der Waals surface area contributed by atoms with Crippen LogP contribution in [-0.2, 0) is 36.2 Å². The van der Waals surface area contributed by atoms with Gasteiger partial charge >= 0.3 is 54.8 Å². The normalized spacial score (nSPS) is 5.56. The second-order valence-electron chi connectivity index (χ2n) is 1.97. The van der Waals surface area contributed by atoms with Crippen LogP contribution in [0, 0.1) is 0 Å². The van der Waals surface area contributed by atoms with Crippen LogP contribution in [0.15, 0.2) is 0 Å². The molecule has 0 amide bonds. The Hall–Kier alpha value is -0.341. The van der Waals surface area contributed by atoms with Crippen LogP contribution in [0.1, 0.15) is 27.7 Å². The standard InChI is InChI=1S/4C2H4O2.Ca.Cu/c4*1-2(3)4;;/h4*1H3,(H,3,4);;/q;;;;2*+2/p-4. The van der Waals surface area contributed by atoms with Crippen LogP contribution in [0.3, 0.4) is 0 Å². The number of carbonyl (C=O) groups is 4. The summed E-state index contributed by atoms with van der Waals surface area (Å²) in [5.41, 5.74) is 0. The van der Waals surface area contributed by atoms with Crippen molar-refractivity contribution in [1.82, 2.24) is 0 Å². The van der Waals surface area contributed by atoms with Crippen LogP contribution in [0.25, 0.3) is 0 Å². The second-order valence-corrected chi connectivity index (χ2v) is 1.97. The summed E-state index contributed by atoms with van der Waals surface area (Å²) in [7, 11) is 0. The van der Waals surface area contributed by atoms with Gasteiger partial charge in [-0.1, -0.05) is 0 Å². The molecule has 0 aliphatic carbocycles. The summed E-state index contributed by atoms with van der Waals surface area (Å²) < 4.78 is 0. The minimum Gasteiger partial charge on any atom is -0.550 e. The van der Waals surface area contributed by atoms with Crippen LogP contribution in [-0.4, -0.2) is 61.6 Å². The summed E-state index contributed by atoms with van der Waals surface area (Å²) in [5, 5.41) is 35.6. The maximum Gasteiger partial charge on any atom is 2.00 e. The first-order valence-corrected chi connectivity index (χ1v) is 3.63. The van der Waals surface area contributed by atoms with Gasteiger partial charge in [-0.25, -0.2) is 0 Å². The van der Waals surface area contributed by atoms with Crippen molar-refractivity contribution >= 4 is 61.6 Å². The monoisotopic (exact) mass is 339 g/mol. The molecule has 0 saturated carbocycles. The zero-order valence-corrected chi connectivity index (χ0v) is 13.4. The molecule has 0 aromatic heterocycles. The molecule has 0 aromatic carbocycles. The molecule has 0 N–H and O–H groups in total. The van der Waals surface area contributed by atoms with Crippen molar-refractivity contribution in [3.05, 3.63) is 0 Å². The number of carboxylic acids is 4. The summed E-state index contributed by atoms with van der Waals surface area (Å²) in [6.45, 7) is 3.89. The molecule has 18 heavy (non-hydrogen) atoms. The average Bonchev–Trinajstić information content (AvgIpc) is 1.76.